The second-order valence-corrected chi connectivity index (χ2v) is 11.5. The van der Waals surface area contributed by atoms with Crippen molar-refractivity contribution >= 4 is 66.3 Å². The molecule has 0 heterocycles. The molecule has 0 aromatic heterocycles. The van der Waals surface area contributed by atoms with Gasteiger partial charge in [-0.2, -0.15) is 12.6 Å². The third kappa shape index (κ3) is 41.1. The fourth-order valence-corrected chi connectivity index (χ4v) is 2.47. The molecule has 0 aliphatic rings. The average molecular weight is 832 g/mol. The first-order valence-electron chi connectivity index (χ1n) is 15.5. The summed E-state index contributed by atoms with van der Waals surface area (Å²) in [4.78, 5) is 89.6. The van der Waals surface area contributed by atoms with E-state index in [2.05, 4.69) is 18.4 Å². The fraction of sp³-hybridized carbons (Fsp3) is 0.500. The fourth-order valence-electron chi connectivity index (χ4n) is 2.32. The normalized spacial score (nSPS) is 12.8. The van der Waals surface area contributed by atoms with Crippen LogP contribution in [0.4, 0.5) is 0 Å². The molecule has 322 valence electrons. The number of phenolic OH excluding ortho intramolecular Hbond substituents is 1. The topological polar surface area (TPSA) is 518 Å². The van der Waals surface area contributed by atoms with E-state index in [0.29, 0.717) is 0 Å². The largest absolute Gasteiger partial charge is 0.508 e. The van der Waals surface area contributed by atoms with E-state index in [4.69, 9.17) is 80.4 Å². The van der Waals surface area contributed by atoms with Crippen molar-refractivity contribution in [3.05, 3.63) is 29.8 Å². The van der Waals surface area contributed by atoms with Crippen LogP contribution in [-0.2, 0) is 49.6 Å². The number of carbonyl (C=O) groups excluding carboxylic acids is 1. The van der Waals surface area contributed by atoms with E-state index < -0.39 is 96.3 Å². The van der Waals surface area contributed by atoms with E-state index >= 15 is 0 Å². The minimum atomic E-state index is -1.29. The molecule has 0 saturated heterocycles. The van der Waals surface area contributed by atoms with E-state index in [9.17, 15) is 43.2 Å². The van der Waals surface area contributed by atoms with Gasteiger partial charge >= 0.3 is 47.8 Å². The molecule has 0 spiro atoms. The van der Waals surface area contributed by atoms with E-state index in [1.165, 1.54) is 12.1 Å². The highest BCUT2D eigenvalue weighted by Gasteiger charge is 2.16. The summed E-state index contributed by atoms with van der Waals surface area (Å²) < 4.78 is 0. The first-order chi connectivity index (χ1) is 25.4. The summed E-state index contributed by atoms with van der Waals surface area (Å²) in [6, 6.07) is 0.383. The number of primary amides is 1. The van der Waals surface area contributed by atoms with Gasteiger partial charge in [-0.3, -0.25) is 43.2 Å². The second kappa shape index (κ2) is 33.9. The third-order valence-corrected chi connectivity index (χ3v) is 6.06. The van der Waals surface area contributed by atoms with Crippen LogP contribution in [0.25, 0.3) is 0 Å². The standard InChI is InChI=1S/C9H11NO3.C5H9NO4.C5H11NO2.C4H8N2O3.C4H7NO4.C3H7NO2S/c10-8(9(12)13)5-6-1-3-7(11)4-2-6;6-3(5(9)10)1-2-4(7)8;1-3(2)4(6)5(7)8;2*5-2(4(8)9)1-3(6)7;4-2(1-7)3(5)6/h1-4,8,11H,5,10H2,(H,12,13);3H,1-2,6H2,(H,7,8)(H,9,10);3-4H,6H2,1-2H3,(H,7,8);2H,1,5H2,(H2,6,7)(H,8,9);2H,1,5H2,(H,6,7)(H,8,9);2,7H,1,4H2,(H,5,6). The molecular formula is C30H53N7O18S. The number of benzene rings is 1. The minimum Gasteiger partial charge on any atom is -0.508 e. The zero-order valence-corrected chi connectivity index (χ0v) is 31.2. The zero-order chi connectivity index (χ0) is 45.5. The van der Waals surface area contributed by atoms with Crippen LogP contribution in [0.5, 0.6) is 5.75 Å². The first kappa shape index (κ1) is 59.6. The maximum Gasteiger partial charge on any atom is 0.321 e. The van der Waals surface area contributed by atoms with Crippen LogP contribution in [0, 0.1) is 5.92 Å². The molecule has 1 aromatic rings. The molecule has 1 rings (SSSR count). The monoisotopic (exact) mass is 831 g/mol. The molecule has 25 nitrogen and oxygen atoms in total. The van der Waals surface area contributed by atoms with Crippen molar-refractivity contribution in [2.24, 2.45) is 46.1 Å². The number of amides is 1. The maximum atomic E-state index is 10.4. The average Bonchev–Trinajstić information content (AvgIpc) is 3.07. The van der Waals surface area contributed by atoms with Crippen molar-refractivity contribution in [2.75, 3.05) is 5.75 Å². The molecule has 26 heteroatoms. The molecular weight excluding hydrogens is 778 g/mol. The van der Waals surface area contributed by atoms with Crippen LogP contribution in [0.15, 0.2) is 24.3 Å². The number of nitrogens with two attached hydrogens (primary N) is 7. The predicted octanol–water partition coefficient (Wildman–Crippen LogP) is -3.86. The summed E-state index contributed by atoms with van der Waals surface area (Å²) in [6.07, 6.45) is -0.793. The summed E-state index contributed by atoms with van der Waals surface area (Å²) in [5.74, 6) is -9.20. The number of carboxylic acids is 8. The van der Waals surface area contributed by atoms with E-state index in [0.717, 1.165) is 5.56 Å². The molecule has 6 atom stereocenters. The summed E-state index contributed by atoms with van der Waals surface area (Å²) in [5, 5.41) is 74.1. The van der Waals surface area contributed by atoms with Gasteiger partial charge in [0.25, 0.3) is 0 Å². The Labute approximate surface area is 324 Å². The Kier molecular flexibility index (Phi) is 36.1. The molecule has 0 aliphatic carbocycles. The molecule has 0 radical (unpaired) electrons. The highest BCUT2D eigenvalue weighted by Crippen LogP contribution is 2.10. The number of aliphatic carboxylic acids is 8. The Morgan fingerprint density at radius 1 is 0.554 bits per heavy atom. The van der Waals surface area contributed by atoms with Gasteiger partial charge in [0, 0.05) is 12.2 Å². The van der Waals surface area contributed by atoms with Crippen molar-refractivity contribution in [3.63, 3.8) is 0 Å². The Hall–Kier alpha value is -5.64. The summed E-state index contributed by atoms with van der Waals surface area (Å²) in [5.41, 5.74) is 35.6. The number of rotatable bonds is 17. The molecule has 0 aliphatic heterocycles. The highest BCUT2D eigenvalue weighted by molar-refractivity contribution is 7.80. The van der Waals surface area contributed by atoms with E-state index in [1.54, 1.807) is 26.0 Å². The highest BCUT2D eigenvalue weighted by atomic mass is 32.1. The number of aromatic hydroxyl groups is 1. The third-order valence-electron chi connectivity index (χ3n) is 5.66. The van der Waals surface area contributed by atoms with Gasteiger partial charge in [-0.25, -0.2) is 0 Å². The van der Waals surface area contributed by atoms with Crippen LogP contribution in [0.3, 0.4) is 0 Å². The van der Waals surface area contributed by atoms with Gasteiger partial charge in [-0.15, -0.1) is 0 Å². The van der Waals surface area contributed by atoms with Crippen LogP contribution in [0.1, 0.15) is 45.1 Å². The van der Waals surface area contributed by atoms with Crippen molar-refractivity contribution in [1.82, 2.24) is 0 Å². The number of hydrogen-bond donors (Lipinski definition) is 17. The van der Waals surface area contributed by atoms with Gasteiger partial charge in [0.05, 0.1) is 12.8 Å². The number of carboxylic acid groups (broad SMARTS) is 8. The molecule has 0 bridgehead atoms. The number of hydrogen-bond acceptors (Lipinski definition) is 17. The van der Waals surface area contributed by atoms with E-state index in [1.807, 2.05) is 0 Å². The Morgan fingerprint density at radius 2 is 0.929 bits per heavy atom. The number of thiol groups is 1. The van der Waals surface area contributed by atoms with Crippen LogP contribution in [-0.4, -0.2) is 142 Å². The number of phenols is 1. The van der Waals surface area contributed by atoms with Gasteiger partial charge in [0.1, 0.15) is 42.0 Å². The van der Waals surface area contributed by atoms with Gasteiger partial charge in [-0.1, -0.05) is 26.0 Å². The van der Waals surface area contributed by atoms with Crippen LogP contribution < -0.4 is 40.1 Å². The first-order valence-corrected chi connectivity index (χ1v) is 16.1. The van der Waals surface area contributed by atoms with Gasteiger partial charge in [0.15, 0.2) is 0 Å². The van der Waals surface area contributed by atoms with Gasteiger partial charge < -0.3 is 86.1 Å². The summed E-state index contributed by atoms with van der Waals surface area (Å²) in [7, 11) is 0. The quantitative estimate of drug-likeness (QED) is 0.0668. The lowest BCUT2D eigenvalue weighted by Gasteiger charge is -2.07. The molecule has 0 saturated carbocycles. The molecule has 1 aromatic carbocycles. The Morgan fingerprint density at radius 3 is 1.12 bits per heavy atom. The SMILES string of the molecule is CC(C)C(N)C(=O)O.NC(=O)CC(N)C(=O)O.NC(CC(=O)O)C(=O)O.NC(CCC(=O)O)C(=O)O.NC(CS)C(=O)O.NC(Cc1ccc(O)cc1)C(=O)O. The van der Waals surface area contributed by atoms with Crippen molar-refractivity contribution in [1.29, 1.82) is 0 Å². The second-order valence-electron chi connectivity index (χ2n) is 11.1. The maximum absolute atomic E-state index is 10.4. The summed E-state index contributed by atoms with van der Waals surface area (Å²) >= 11 is 3.65. The molecule has 56 heavy (non-hydrogen) atoms. The molecule has 23 N–H and O–H groups in total. The Bertz CT molecular complexity index is 1350. The van der Waals surface area contributed by atoms with Crippen molar-refractivity contribution in [3.8, 4) is 5.75 Å². The molecule has 1 amide bonds. The lowest BCUT2D eigenvalue weighted by atomic mass is 10.1. The predicted molar refractivity (Wildman–Crippen MR) is 197 cm³/mol. The van der Waals surface area contributed by atoms with Gasteiger partial charge in [0.2, 0.25) is 5.91 Å². The smallest absolute Gasteiger partial charge is 0.321 e. The summed E-state index contributed by atoms with van der Waals surface area (Å²) in [6.45, 7) is 3.55. The zero-order valence-electron chi connectivity index (χ0n) is 30.3. The van der Waals surface area contributed by atoms with E-state index in [-0.39, 0.29) is 43.1 Å². The number of carbonyl (C=O) groups is 9. The van der Waals surface area contributed by atoms with Crippen LogP contribution >= 0.6 is 12.6 Å². The lowest BCUT2D eigenvalue weighted by Crippen LogP contribution is -2.34. The lowest BCUT2D eigenvalue weighted by molar-refractivity contribution is -0.144. The van der Waals surface area contributed by atoms with Crippen molar-refractivity contribution in [2.45, 2.75) is 82.2 Å². The van der Waals surface area contributed by atoms with Crippen molar-refractivity contribution < 1.29 is 89.1 Å². The van der Waals surface area contributed by atoms with Gasteiger partial charge in [-0.05, 0) is 36.5 Å². The Balaban J connectivity index is -0.000000188. The molecule has 6 unspecified atom stereocenters. The minimum absolute atomic E-state index is 0.0208. The van der Waals surface area contributed by atoms with Crippen LogP contribution in [0.2, 0.25) is 0 Å². The molecule has 0 fully saturated rings.